The Balaban J connectivity index is 2.05. The van der Waals surface area contributed by atoms with E-state index in [1.165, 1.54) is 0 Å². The van der Waals surface area contributed by atoms with Gasteiger partial charge in [0.05, 0.1) is 6.61 Å². The summed E-state index contributed by atoms with van der Waals surface area (Å²) >= 11 is 1.81. The molecule has 0 aromatic heterocycles. The number of benzene rings is 1. The summed E-state index contributed by atoms with van der Waals surface area (Å²) in [6, 6.07) is 10.7. The summed E-state index contributed by atoms with van der Waals surface area (Å²) in [6.07, 6.45) is 1.06. The van der Waals surface area contributed by atoms with Crippen LogP contribution in [0.2, 0.25) is 0 Å². The van der Waals surface area contributed by atoms with Gasteiger partial charge in [-0.3, -0.25) is 4.31 Å². The van der Waals surface area contributed by atoms with Gasteiger partial charge in [0, 0.05) is 11.8 Å². The molecule has 1 radical (unpaired) electrons. The molecule has 77 valence electrons. The van der Waals surface area contributed by atoms with Crippen LogP contribution < -0.4 is 4.74 Å². The van der Waals surface area contributed by atoms with Gasteiger partial charge >= 0.3 is 0 Å². The lowest BCUT2D eigenvalue weighted by Gasteiger charge is -2.08. The lowest BCUT2D eigenvalue weighted by Crippen LogP contribution is -2.04. The van der Waals surface area contributed by atoms with Crippen molar-refractivity contribution in [3.63, 3.8) is 0 Å². The Bertz CT molecular complexity index is 238. The van der Waals surface area contributed by atoms with E-state index in [0.717, 1.165) is 24.5 Å². The zero-order valence-electron chi connectivity index (χ0n) is 8.69. The highest BCUT2D eigenvalue weighted by Gasteiger charge is 1.93. The average Bonchev–Trinajstić information content (AvgIpc) is 2.18. The van der Waals surface area contributed by atoms with Crippen LogP contribution in [0.25, 0.3) is 0 Å². The summed E-state index contributed by atoms with van der Waals surface area (Å²) in [5.74, 6) is 1.93. The second-order valence-electron chi connectivity index (χ2n) is 3.07. The van der Waals surface area contributed by atoms with E-state index in [1.807, 2.05) is 36.2 Å². The van der Waals surface area contributed by atoms with Gasteiger partial charge in [-0.1, -0.05) is 30.1 Å². The van der Waals surface area contributed by atoms with Crippen molar-refractivity contribution >= 4 is 11.9 Å². The predicted molar refractivity (Wildman–Crippen MR) is 61.5 cm³/mol. The molecular formula is C11H16NOS. The SMILES string of the molecule is CN(C)SCCCOc1[c]cccc1. The summed E-state index contributed by atoms with van der Waals surface area (Å²) in [4.78, 5) is 0. The van der Waals surface area contributed by atoms with Gasteiger partial charge < -0.3 is 4.74 Å². The molecule has 0 aliphatic heterocycles. The molecule has 0 unspecified atom stereocenters. The minimum absolute atomic E-state index is 0.765. The number of para-hydroxylation sites is 1. The van der Waals surface area contributed by atoms with Gasteiger partial charge in [0.15, 0.2) is 0 Å². The normalized spacial score (nSPS) is 10.5. The zero-order chi connectivity index (χ0) is 10.2. The van der Waals surface area contributed by atoms with Crippen molar-refractivity contribution < 1.29 is 4.74 Å². The number of rotatable bonds is 6. The number of nitrogens with zero attached hydrogens (tertiary/aromatic N) is 1. The molecule has 0 heterocycles. The maximum Gasteiger partial charge on any atom is 0.127 e. The van der Waals surface area contributed by atoms with Crippen molar-refractivity contribution in [1.29, 1.82) is 0 Å². The Kier molecular flexibility index (Phi) is 5.49. The standard InChI is InChI=1S/C11H16NOS/c1-12(2)14-10-6-9-13-11-7-4-3-5-8-11/h3-5,7H,6,9-10H2,1-2H3. The number of hydrogen-bond donors (Lipinski definition) is 0. The summed E-state index contributed by atoms with van der Waals surface area (Å²) in [5.41, 5.74) is 0. The quantitative estimate of drug-likeness (QED) is 0.528. The molecule has 0 aliphatic carbocycles. The van der Waals surface area contributed by atoms with E-state index in [4.69, 9.17) is 4.74 Å². The minimum atomic E-state index is 0.765. The highest BCUT2D eigenvalue weighted by molar-refractivity contribution is 7.96. The van der Waals surface area contributed by atoms with Crippen LogP contribution in [0.5, 0.6) is 5.75 Å². The topological polar surface area (TPSA) is 12.5 Å². The Morgan fingerprint density at radius 3 is 2.93 bits per heavy atom. The molecule has 0 fully saturated rings. The molecule has 0 saturated carbocycles. The predicted octanol–water partition coefficient (Wildman–Crippen LogP) is 2.47. The molecule has 0 amide bonds. The fraction of sp³-hybridized carbons (Fsp3) is 0.455. The van der Waals surface area contributed by atoms with Crippen LogP contribution in [0.1, 0.15) is 6.42 Å². The molecule has 1 aromatic rings. The lowest BCUT2D eigenvalue weighted by molar-refractivity contribution is 0.318. The van der Waals surface area contributed by atoms with Crippen LogP contribution in [-0.2, 0) is 0 Å². The first-order valence-corrected chi connectivity index (χ1v) is 5.63. The van der Waals surface area contributed by atoms with Crippen LogP contribution >= 0.6 is 11.9 Å². The van der Waals surface area contributed by atoms with Crippen molar-refractivity contribution in [2.24, 2.45) is 0 Å². The van der Waals surface area contributed by atoms with E-state index in [9.17, 15) is 0 Å². The molecule has 0 bridgehead atoms. The Morgan fingerprint density at radius 1 is 1.43 bits per heavy atom. The summed E-state index contributed by atoms with van der Waals surface area (Å²) in [6.45, 7) is 0.765. The molecule has 0 spiro atoms. The first-order chi connectivity index (χ1) is 6.79. The first-order valence-electron chi connectivity index (χ1n) is 4.69. The van der Waals surface area contributed by atoms with E-state index in [2.05, 4.69) is 24.5 Å². The molecule has 1 rings (SSSR count). The first kappa shape index (κ1) is 11.4. The van der Waals surface area contributed by atoms with Crippen LogP contribution in [0.15, 0.2) is 24.3 Å². The summed E-state index contributed by atoms with van der Waals surface area (Å²) < 4.78 is 7.61. The van der Waals surface area contributed by atoms with Gasteiger partial charge in [0.2, 0.25) is 0 Å². The Labute approximate surface area is 90.4 Å². The third-order valence-electron chi connectivity index (χ3n) is 1.58. The van der Waals surface area contributed by atoms with Crippen molar-refractivity contribution in [2.45, 2.75) is 6.42 Å². The molecular weight excluding hydrogens is 194 g/mol. The zero-order valence-corrected chi connectivity index (χ0v) is 9.51. The fourth-order valence-corrected chi connectivity index (χ4v) is 1.57. The molecule has 1 aromatic carbocycles. The van der Waals surface area contributed by atoms with Crippen LogP contribution in [-0.4, -0.2) is 30.8 Å². The summed E-state index contributed by atoms with van der Waals surface area (Å²) in [7, 11) is 4.10. The third kappa shape index (κ3) is 5.14. The maximum atomic E-state index is 5.50. The van der Waals surface area contributed by atoms with Crippen molar-refractivity contribution in [3.8, 4) is 5.75 Å². The smallest absolute Gasteiger partial charge is 0.127 e. The van der Waals surface area contributed by atoms with Crippen molar-refractivity contribution in [2.75, 3.05) is 26.5 Å². The van der Waals surface area contributed by atoms with Crippen LogP contribution in [0, 0.1) is 6.07 Å². The van der Waals surface area contributed by atoms with E-state index in [1.54, 1.807) is 0 Å². The average molecular weight is 210 g/mol. The number of ether oxygens (including phenoxy) is 1. The maximum absolute atomic E-state index is 5.50. The van der Waals surface area contributed by atoms with Crippen molar-refractivity contribution in [3.05, 3.63) is 30.3 Å². The number of hydrogen-bond acceptors (Lipinski definition) is 3. The van der Waals surface area contributed by atoms with Crippen molar-refractivity contribution in [1.82, 2.24) is 4.31 Å². The molecule has 0 aliphatic rings. The monoisotopic (exact) mass is 210 g/mol. The molecule has 0 saturated heterocycles. The molecule has 0 atom stereocenters. The van der Waals surface area contributed by atoms with Gasteiger partial charge in [-0.2, -0.15) is 0 Å². The minimum Gasteiger partial charge on any atom is -0.493 e. The van der Waals surface area contributed by atoms with Crippen LogP contribution in [0.3, 0.4) is 0 Å². The van der Waals surface area contributed by atoms with Crippen LogP contribution in [0.4, 0.5) is 0 Å². The highest BCUT2D eigenvalue weighted by Crippen LogP contribution is 2.09. The molecule has 2 nitrogen and oxygen atoms in total. The van der Waals surface area contributed by atoms with E-state index in [-0.39, 0.29) is 0 Å². The fourth-order valence-electron chi connectivity index (χ4n) is 0.955. The van der Waals surface area contributed by atoms with E-state index >= 15 is 0 Å². The summed E-state index contributed by atoms with van der Waals surface area (Å²) in [5, 5.41) is 0. The van der Waals surface area contributed by atoms with Gasteiger partial charge in [0.25, 0.3) is 0 Å². The highest BCUT2D eigenvalue weighted by atomic mass is 32.2. The molecule has 3 heteroatoms. The lowest BCUT2D eigenvalue weighted by atomic mass is 10.3. The van der Waals surface area contributed by atoms with Gasteiger partial charge in [-0.15, -0.1) is 0 Å². The Morgan fingerprint density at radius 2 is 2.29 bits per heavy atom. The van der Waals surface area contributed by atoms with E-state index < -0.39 is 0 Å². The molecule has 14 heavy (non-hydrogen) atoms. The Hall–Kier alpha value is -0.670. The van der Waals surface area contributed by atoms with Gasteiger partial charge in [0.1, 0.15) is 5.75 Å². The van der Waals surface area contributed by atoms with E-state index in [0.29, 0.717) is 0 Å². The van der Waals surface area contributed by atoms with Gasteiger partial charge in [-0.25, -0.2) is 0 Å². The largest absolute Gasteiger partial charge is 0.493 e. The van der Waals surface area contributed by atoms with Gasteiger partial charge in [-0.05, 0) is 26.6 Å². The second-order valence-corrected chi connectivity index (χ2v) is 4.47. The molecule has 0 N–H and O–H groups in total. The third-order valence-corrected chi connectivity index (χ3v) is 2.56. The second kappa shape index (κ2) is 6.74.